The summed E-state index contributed by atoms with van der Waals surface area (Å²) in [6.07, 6.45) is 0. The first kappa shape index (κ1) is 13.8. The quantitative estimate of drug-likeness (QED) is 0.739. The van der Waals surface area contributed by atoms with Gasteiger partial charge in [-0.15, -0.1) is 0 Å². The van der Waals surface area contributed by atoms with E-state index in [2.05, 4.69) is 5.32 Å². The topological polar surface area (TPSA) is 69.6 Å². The third-order valence-electron chi connectivity index (χ3n) is 2.42. The first-order valence-electron chi connectivity index (χ1n) is 5.43. The molecule has 1 aromatic rings. The van der Waals surface area contributed by atoms with Crippen LogP contribution in [0, 0.1) is 0 Å². The first-order valence-corrected chi connectivity index (χ1v) is 7.04. The van der Waals surface area contributed by atoms with Crippen molar-refractivity contribution in [3.05, 3.63) is 24.3 Å². The normalized spacial score (nSPS) is 11.4. The molecule has 0 aliphatic heterocycles. The van der Waals surface area contributed by atoms with Gasteiger partial charge >= 0.3 is 0 Å². The van der Waals surface area contributed by atoms with Crippen molar-refractivity contribution < 1.29 is 13.5 Å². The van der Waals surface area contributed by atoms with Gasteiger partial charge in [0.2, 0.25) is 10.0 Å². The molecule has 0 unspecified atom stereocenters. The number of nitrogens with zero attached hydrogens (tertiary/aromatic N) is 1. The van der Waals surface area contributed by atoms with Crippen molar-refractivity contribution in [3.63, 3.8) is 0 Å². The molecule has 0 saturated carbocycles. The number of hydrogen-bond donors (Lipinski definition) is 2. The molecule has 0 atom stereocenters. The summed E-state index contributed by atoms with van der Waals surface area (Å²) in [5.74, 6) is 0.172. The minimum atomic E-state index is -3.31. The number of phenols is 1. The van der Waals surface area contributed by atoms with E-state index in [-0.39, 0.29) is 11.5 Å². The third-order valence-corrected chi connectivity index (χ3v) is 4.18. The average Bonchev–Trinajstić information content (AvgIpc) is 2.29. The lowest BCUT2D eigenvalue weighted by Gasteiger charge is -2.19. The summed E-state index contributed by atoms with van der Waals surface area (Å²) >= 11 is 0. The number of anilines is 1. The van der Waals surface area contributed by atoms with Crippen molar-refractivity contribution in [3.8, 4) is 5.75 Å². The highest BCUT2D eigenvalue weighted by atomic mass is 32.2. The van der Waals surface area contributed by atoms with Crippen molar-refractivity contribution in [1.82, 2.24) is 5.32 Å². The summed E-state index contributed by atoms with van der Waals surface area (Å²) in [7, 11) is -1.80. The molecule has 1 aromatic carbocycles. The van der Waals surface area contributed by atoms with Gasteiger partial charge in [0.1, 0.15) is 5.75 Å². The fraction of sp³-hybridized carbons (Fsp3) is 0.455. The molecule has 6 heteroatoms. The second kappa shape index (κ2) is 5.88. The number of nitrogens with one attached hydrogen (secondary N) is 1. The van der Waals surface area contributed by atoms with Gasteiger partial charge in [0.05, 0.1) is 11.4 Å². The lowest BCUT2D eigenvalue weighted by Crippen LogP contribution is -2.33. The van der Waals surface area contributed by atoms with Crippen LogP contribution in [0.5, 0.6) is 5.75 Å². The van der Waals surface area contributed by atoms with Crippen LogP contribution in [0.3, 0.4) is 0 Å². The van der Waals surface area contributed by atoms with Gasteiger partial charge in [-0.1, -0.05) is 6.92 Å². The molecule has 1 rings (SSSR count). The molecule has 0 aliphatic rings. The van der Waals surface area contributed by atoms with Gasteiger partial charge in [0.15, 0.2) is 0 Å². The molecule has 0 aromatic heterocycles. The maximum absolute atomic E-state index is 11.9. The highest BCUT2D eigenvalue weighted by Crippen LogP contribution is 2.19. The molecule has 0 bridgehead atoms. The predicted molar refractivity (Wildman–Crippen MR) is 68.8 cm³/mol. The molecular formula is C11H18N2O3S. The molecule has 5 nitrogen and oxygen atoms in total. The Morgan fingerprint density at radius 3 is 2.41 bits per heavy atom. The monoisotopic (exact) mass is 258 g/mol. The van der Waals surface area contributed by atoms with Crippen LogP contribution in [0.25, 0.3) is 0 Å². The van der Waals surface area contributed by atoms with E-state index in [4.69, 9.17) is 5.11 Å². The van der Waals surface area contributed by atoms with Crippen LogP contribution >= 0.6 is 0 Å². The lowest BCUT2D eigenvalue weighted by atomic mass is 10.3. The average molecular weight is 258 g/mol. The zero-order chi connectivity index (χ0) is 12.9. The maximum atomic E-state index is 11.9. The van der Waals surface area contributed by atoms with Crippen LogP contribution in [-0.2, 0) is 10.0 Å². The van der Waals surface area contributed by atoms with Crippen LogP contribution in [-0.4, -0.2) is 39.4 Å². The summed E-state index contributed by atoms with van der Waals surface area (Å²) < 4.78 is 25.1. The minimum absolute atomic E-state index is 0.0538. The van der Waals surface area contributed by atoms with Gasteiger partial charge in [-0.05, 0) is 30.8 Å². The van der Waals surface area contributed by atoms with E-state index in [0.717, 1.165) is 6.54 Å². The van der Waals surface area contributed by atoms with E-state index in [1.165, 1.54) is 23.5 Å². The van der Waals surface area contributed by atoms with Crippen LogP contribution in [0.4, 0.5) is 5.69 Å². The van der Waals surface area contributed by atoms with Crippen molar-refractivity contribution in [1.29, 1.82) is 0 Å². The van der Waals surface area contributed by atoms with Gasteiger partial charge in [-0.25, -0.2) is 8.42 Å². The summed E-state index contributed by atoms with van der Waals surface area (Å²) in [4.78, 5) is 0. The molecule has 0 spiro atoms. The molecule has 96 valence electrons. The molecule has 0 radical (unpaired) electrons. The largest absolute Gasteiger partial charge is 0.508 e. The molecule has 0 aliphatic carbocycles. The van der Waals surface area contributed by atoms with Crippen LogP contribution in [0.15, 0.2) is 24.3 Å². The summed E-state index contributed by atoms with van der Waals surface area (Å²) in [5, 5.41) is 12.1. The summed E-state index contributed by atoms with van der Waals surface area (Å²) in [5.41, 5.74) is 0.541. The molecule has 0 fully saturated rings. The molecule has 0 amide bonds. The fourth-order valence-electron chi connectivity index (χ4n) is 1.34. The van der Waals surface area contributed by atoms with Crippen molar-refractivity contribution in [2.75, 3.05) is 30.2 Å². The first-order chi connectivity index (χ1) is 7.97. The van der Waals surface area contributed by atoms with E-state index >= 15 is 0 Å². The van der Waals surface area contributed by atoms with Gasteiger partial charge in [0, 0.05) is 13.6 Å². The Balaban J connectivity index is 2.74. The number of phenolic OH excluding ortho intramolecular Hbond substituents is 1. The van der Waals surface area contributed by atoms with Crippen molar-refractivity contribution >= 4 is 15.7 Å². The van der Waals surface area contributed by atoms with Crippen molar-refractivity contribution in [2.45, 2.75) is 6.92 Å². The minimum Gasteiger partial charge on any atom is -0.508 e. The summed E-state index contributed by atoms with van der Waals surface area (Å²) in [6.45, 7) is 3.11. The zero-order valence-corrected chi connectivity index (χ0v) is 10.9. The van der Waals surface area contributed by atoms with E-state index in [1.54, 1.807) is 12.1 Å². The van der Waals surface area contributed by atoms with Gasteiger partial charge in [-0.3, -0.25) is 4.31 Å². The lowest BCUT2D eigenvalue weighted by molar-refractivity contribution is 0.475. The SMILES string of the molecule is CCNCCS(=O)(=O)N(C)c1ccc(O)cc1. The molecule has 17 heavy (non-hydrogen) atoms. The standard InChI is InChI=1S/C11H18N2O3S/c1-3-12-8-9-17(15,16)13(2)10-4-6-11(14)7-5-10/h4-7,12,14H,3,8-9H2,1-2H3. The number of sulfonamides is 1. The van der Waals surface area contributed by atoms with Crippen LogP contribution in [0.2, 0.25) is 0 Å². The number of rotatable bonds is 6. The molecule has 2 N–H and O–H groups in total. The van der Waals surface area contributed by atoms with Gasteiger partial charge in [-0.2, -0.15) is 0 Å². The Labute approximate surface area is 102 Å². The number of benzene rings is 1. The highest BCUT2D eigenvalue weighted by Gasteiger charge is 2.17. The Kier molecular flexibility index (Phi) is 4.77. The second-order valence-electron chi connectivity index (χ2n) is 3.65. The molecule has 0 saturated heterocycles. The number of aromatic hydroxyl groups is 1. The summed E-state index contributed by atoms with van der Waals surface area (Å²) in [6, 6.07) is 6.07. The zero-order valence-electron chi connectivity index (χ0n) is 10.0. The van der Waals surface area contributed by atoms with Crippen molar-refractivity contribution in [2.24, 2.45) is 0 Å². The maximum Gasteiger partial charge on any atom is 0.236 e. The second-order valence-corrected chi connectivity index (χ2v) is 5.77. The Hall–Kier alpha value is -1.27. The molecular weight excluding hydrogens is 240 g/mol. The fourth-order valence-corrected chi connectivity index (χ4v) is 2.46. The Bertz CT molecular complexity index is 442. The van der Waals surface area contributed by atoms with E-state index < -0.39 is 10.0 Å². The Morgan fingerprint density at radius 2 is 1.88 bits per heavy atom. The van der Waals surface area contributed by atoms with Crippen LogP contribution in [0.1, 0.15) is 6.92 Å². The third kappa shape index (κ3) is 3.90. The van der Waals surface area contributed by atoms with Crippen LogP contribution < -0.4 is 9.62 Å². The predicted octanol–water partition coefficient (Wildman–Crippen LogP) is 0.768. The van der Waals surface area contributed by atoms with E-state index in [0.29, 0.717) is 12.2 Å². The molecule has 0 heterocycles. The van der Waals surface area contributed by atoms with Gasteiger partial charge in [0.25, 0.3) is 0 Å². The highest BCUT2D eigenvalue weighted by molar-refractivity contribution is 7.92. The van der Waals surface area contributed by atoms with Gasteiger partial charge < -0.3 is 10.4 Å². The van der Waals surface area contributed by atoms with E-state index in [9.17, 15) is 8.42 Å². The van der Waals surface area contributed by atoms with E-state index in [1.807, 2.05) is 6.92 Å². The number of hydrogen-bond acceptors (Lipinski definition) is 4. The Morgan fingerprint density at radius 1 is 1.29 bits per heavy atom. The smallest absolute Gasteiger partial charge is 0.236 e.